The Morgan fingerprint density at radius 2 is 2.11 bits per heavy atom. The van der Waals surface area contributed by atoms with Crippen LogP contribution in [-0.4, -0.2) is 10.1 Å². The summed E-state index contributed by atoms with van der Waals surface area (Å²) in [5.74, 6) is 1.91. The molecule has 1 aromatic carbocycles. The standard InChI is InChI=1S/C14H19N3O2/c1-14(2,3)13-16-12(17-19-13)9-18-11-6-4-5-10(7-11)8-15/h4-7H,8-9,15H2,1-3H3. The van der Waals surface area contributed by atoms with Crippen molar-refractivity contribution in [1.29, 1.82) is 0 Å². The van der Waals surface area contributed by atoms with E-state index in [4.69, 9.17) is 15.0 Å². The van der Waals surface area contributed by atoms with Gasteiger partial charge in [0.1, 0.15) is 5.75 Å². The third-order valence-electron chi connectivity index (χ3n) is 2.61. The maximum absolute atomic E-state index is 5.62. The fourth-order valence-electron chi connectivity index (χ4n) is 1.53. The fourth-order valence-corrected chi connectivity index (χ4v) is 1.53. The summed E-state index contributed by atoms with van der Waals surface area (Å²) in [7, 11) is 0. The van der Waals surface area contributed by atoms with Crippen LogP contribution in [-0.2, 0) is 18.6 Å². The number of hydrogen-bond acceptors (Lipinski definition) is 5. The highest BCUT2D eigenvalue weighted by molar-refractivity contribution is 5.28. The average molecular weight is 261 g/mol. The van der Waals surface area contributed by atoms with Crippen molar-refractivity contribution in [2.24, 2.45) is 5.73 Å². The highest BCUT2D eigenvalue weighted by Crippen LogP contribution is 2.20. The highest BCUT2D eigenvalue weighted by atomic mass is 16.5. The topological polar surface area (TPSA) is 74.2 Å². The van der Waals surface area contributed by atoms with E-state index in [-0.39, 0.29) is 12.0 Å². The molecule has 1 aromatic heterocycles. The van der Waals surface area contributed by atoms with Crippen LogP contribution in [0.1, 0.15) is 38.0 Å². The molecule has 1 heterocycles. The molecule has 0 saturated carbocycles. The van der Waals surface area contributed by atoms with E-state index < -0.39 is 0 Å². The van der Waals surface area contributed by atoms with Crippen molar-refractivity contribution in [2.75, 3.05) is 0 Å². The zero-order valence-corrected chi connectivity index (χ0v) is 11.5. The van der Waals surface area contributed by atoms with Gasteiger partial charge in [0.2, 0.25) is 11.7 Å². The smallest absolute Gasteiger partial charge is 0.232 e. The molecule has 2 aromatic rings. The van der Waals surface area contributed by atoms with E-state index in [0.29, 0.717) is 18.3 Å². The van der Waals surface area contributed by atoms with Crippen LogP contribution in [0.4, 0.5) is 0 Å². The van der Waals surface area contributed by atoms with Crippen LogP contribution in [0.5, 0.6) is 5.75 Å². The lowest BCUT2D eigenvalue weighted by atomic mass is 9.97. The van der Waals surface area contributed by atoms with E-state index >= 15 is 0 Å². The number of rotatable bonds is 4. The minimum atomic E-state index is -0.148. The molecule has 5 nitrogen and oxygen atoms in total. The summed E-state index contributed by atoms with van der Waals surface area (Å²) in [5, 5.41) is 3.90. The number of ether oxygens (including phenoxy) is 1. The number of nitrogens with two attached hydrogens (primary N) is 1. The molecule has 0 bridgehead atoms. The summed E-state index contributed by atoms with van der Waals surface area (Å²) in [4.78, 5) is 4.31. The van der Waals surface area contributed by atoms with Crippen LogP contribution >= 0.6 is 0 Å². The van der Waals surface area contributed by atoms with Crippen LogP contribution in [0, 0.1) is 0 Å². The SMILES string of the molecule is CC(C)(C)c1nc(COc2cccc(CN)c2)no1. The summed E-state index contributed by atoms with van der Waals surface area (Å²) in [5.41, 5.74) is 6.46. The molecule has 0 spiro atoms. The fraction of sp³-hybridized carbons (Fsp3) is 0.429. The molecule has 102 valence electrons. The first kappa shape index (κ1) is 13.5. The predicted molar refractivity (Wildman–Crippen MR) is 71.7 cm³/mol. The van der Waals surface area contributed by atoms with E-state index in [0.717, 1.165) is 11.3 Å². The van der Waals surface area contributed by atoms with Crippen LogP contribution < -0.4 is 10.5 Å². The Kier molecular flexibility index (Phi) is 3.85. The Labute approximate surface area is 112 Å². The maximum atomic E-state index is 5.62. The second kappa shape index (κ2) is 5.40. The Morgan fingerprint density at radius 3 is 2.74 bits per heavy atom. The normalized spacial score (nSPS) is 11.6. The second-order valence-corrected chi connectivity index (χ2v) is 5.41. The van der Waals surface area contributed by atoms with E-state index in [1.165, 1.54) is 0 Å². The van der Waals surface area contributed by atoms with E-state index in [1.807, 2.05) is 45.0 Å². The molecule has 0 amide bonds. The number of nitrogens with zero attached hydrogens (tertiary/aromatic N) is 2. The van der Waals surface area contributed by atoms with Crippen molar-refractivity contribution in [3.8, 4) is 5.75 Å². The summed E-state index contributed by atoms with van der Waals surface area (Å²) in [6, 6.07) is 7.65. The zero-order valence-electron chi connectivity index (χ0n) is 11.5. The van der Waals surface area contributed by atoms with Crippen LogP contribution in [0.3, 0.4) is 0 Å². The molecular weight excluding hydrogens is 242 g/mol. The molecule has 19 heavy (non-hydrogen) atoms. The van der Waals surface area contributed by atoms with Gasteiger partial charge in [-0.05, 0) is 17.7 Å². The van der Waals surface area contributed by atoms with Gasteiger partial charge in [0.05, 0.1) is 0 Å². The lowest BCUT2D eigenvalue weighted by Gasteiger charge is -2.10. The quantitative estimate of drug-likeness (QED) is 0.914. The Hall–Kier alpha value is -1.88. The summed E-state index contributed by atoms with van der Waals surface area (Å²) in [6.07, 6.45) is 0. The molecule has 2 N–H and O–H groups in total. The first-order chi connectivity index (χ1) is 8.99. The van der Waals surface area contributed by atoms with Crippen LogP contribution in [0.25, 0.3) is 0 Å². The van der Waals surface area contributed by atoms with Crippen molar-refractivity contribution in [3.63, 3.8) is 0 Å². The van der Waals surface area contributed by atoms with Crippen molar-refractivity contribution >= 4 is 0 Å². The van der Waals surface area contributed by atoms with Gasteiger partial charge in [-0.1, -0.05) is 38.1 Å². The average Bonchev–Trinajstić information content (AvgIpc) is 2.85. The van der Waals surface area contributed by atoms with E-state index in [1.54, 1.807) is 0 Å². The Morgan fingerprint density at radius 1 is 1.32 bits per heavy atom. The van der Waals surface area contributed by atoms with Gasteiger partial charge >= 0.3 is 0 Å². The third kappa shape index (κ3) is 3.54. The first-order valence-electron chi connectivity index (χ1n) is 6.24. The van der Waals surface area contributed by atoms with Crippen molar-refractivity contribution < 1.29 is 9.26 Å². The van der Waals surface area contributed by atoms with E-state index in [2.05, 4.69) is 10.1 Å². The molecule has 0 aliphatic rings. The van der Waals surface area contributed by atoms with Crippen LogP contribution in [0.15, 0.2) is 28.8 Å². The molecular formula is C14H19N3O2. The molecule has 0 fully saturated rings. The second-order valence-electron chi connectivity index (χ2n) is 5.41. The van der Waals surface area contributed by atoms with Crippen molar-refractivity contribution in [1.82, 2.24) is 10.1 Å². The lowest BCUT2D eigenvalue weighted by molar-refractivity contribution is 0.280. The summed E-state index contributed by atoms with van der Waals surface area (Å²) >= 11 is 0. The minimum absolute atomic E-state index is 0.148. The van der Waals surface area contributed by atoms with Gasteiger partial charge in [0.15, 0.2) is 6.61 Å². The molecule has 0 aliphatic heterocycles. The molecule has 0 aliphatic carbocycles. The summed E-state index contributed by atoms with van der Waals surface area (Å²) in [6.45, 7) is 6.85. The summed E-state index contributed by atoms with van der Waals surface area (Å²) < 4.78 is 10.8. The predicted octanol–water partition coefficient (Wildman–Crippen LogP) is 2.40. The van der Waals surface area contributed by atoms with Crippen molar-refractivity contribution in [2.45, 2.75) is 39.3 Å². The number of aromatic nitrogens is 2. The molecule has 5 heteroatoms. The molecule has 0 radical (unpaired) electrons. The lowest BCUT2D eigenvalue weighted by Crippen LogP contribution is -2.11. The molecule has 0 atom stereocenters. The van der Waals surface area contributed by atoms with Gasteiger partial charge in [-0.15, -0.1) is 0 Å². The maximum Gasteiger partial charge on any atom is 0.232 e. The van der Waals surface area contributed by atoms with Gasteiger partial charge in [-0.2, -0.15) is 4.98 Å². The molecule has 0 unspecified atom stereocenters. The monoisotopic (exact) mass is 261 g/mol. The minimum Gasteiger partial charge on any atom is -0.485 e. The van der Waals surface area contributed by atoms with Gasteiger partial charge in [0, 0.05) is 12.0 Å². The largest absolute Gasteiger partial charge is 0.485 e. The first-order valence-corrected chi connectivity index (χ1v) is 6.24. The van der Waals surface area contributed by atoms with Crippen molar-refractivity contribution in [3.05, 3.63) is 41.5 Å². The van der Waals surface area contributed by atoms with Crippen LogP contribution in [0.2, 0.25) is 0 Å². The van der Waals surface area contributed by atoms with Gasteiger partial charge in [-0.25, -0.2) is 0 Å². The number of benzene rings is 1. The van der Waals surface area contributed by atoms with Gasteiger partial charge in [0.25, 0.3) is 0 Å². The zero-order chi connectivity index (χ0) is 13.9. The van der Waals surface area contributed by atoms with E-state index in [9.17, 15) is 0 Å². The molecule has 0 saturated heterocycles. The highest BCUT2D eigenvalue weighted by Gasteiger charge is 2.21. The third-order valence-corrected chi connectivity index (χ3v) is 2.61. The number of hydrogen-bond donors (Lipinski definition) is 1. The Bertz CT molecular complexity index is 544. The molecule has 2 rings (SSSR count). The van der Waals surface area contributed by atoms with Gasteiger partial charge in [-0.3, -0.25) is 0 Å². The van der Waals surface area contributed by atoms with Gasteiger partial charge < -0.3 is 15.0 Å². The Balaban J connectivity index is 2.00.